The molecule has 0 radical (unpaired) electrons. The molecule has 3 N–H and O–H groups in total. The molecule has 0 bridgehead atoms. The number of nitrogens with zero attached hydrogens (tertiary/aromatic N) is 4. The lowest BCUT2D eigenvalue weighted by atomic mass is 9.99. The summed E-state index contributed by atoms with van der Waals surface area (Å²) in [5.41, 5.74) is 9.02. The molecule has 0 saturated heterocycles. The molecule has 0 amide bonds. The molecule has 0 atom stereocenters. The van der Waals surface area contributed by atoms with E-state index in [2.05, 4.69) is 36.5 Å². The van der Waals surface area contributed by atoms with Gasteiger partial charge in [-0.3, -0.25) is 0 Å². The van der Waals surface area contributed by atoms with Crippen LogP contribution in [0.4, 0.5) is 5.69 Å². The highest BCUT2D eigenvalue weighted by atomic mass is 79.9. The average molecular weight is 998 g/mol. The van der Waals surface area contributed by atoms with Gasteiger partial charge in [0.2, 0.25) is 10.0 Å². The minimum Gasteiger partial charge on any atom is -0.383 e. The van der Waals surface area contributed by atoms with Gasteiger partial charge in [-0.2, -0.15) is 0 Å². The van der Waals surface area contributed by atoms with Crippen molar-refractivity contribution in [3.8, 4) is 44.8 Å². The van der Waals surface area contributed by atoms with Crippen LogP contribution in [0.15, 0.2) is 133 Å². The lowest BCUT2D eigenvalue weighted by Crippen LogP contribution is -2.21. The van der Waals surface area contributed by atoms with Crippen LogP contribution in [0.2, 0.25) is 0 Å². The molecule has 64 heavy (non-hydrogen) atoms. The number of ether oxygens (including phenoxy) is 2. The van der Waals surface area contributed by atoms with Crippen molar-refractivity contribution >= 4 is 54.1 Å². The van der Waals surface area contributed by atoms with Crippen LogP contribution >= 0.6 is 28.3 Å². The van der Waals surface area contributed by atoms with E-state index < -0.39 is 20.0 Å². The van der Waals surface area contributed by atoms with Crippen molar-refractivity contribution in [2.75, 3.05) is 59.5 Å². The van der Waals surface area contributed by atoms with Crippen LogP contribution in [0.5, 0.6) is 0 Å². The number of benzene rings is 4. The maximum atomic E-state index is 13.0. The monoisotopic (exact) mass is 996 g/mol. The fraction of sp³-hybridized carbons (Fsp3) is 0.261. The van der Waals surface area contributed by atoms with Crippen molar-refractivity contribution in [1.82, 2.24) is 19.6 Å². The van der Waals surface area contributed by atoms with E-state index in [1.54, 1.807) is 76.6 Å². The summed E-state index contributed by atoms with van der Waals surface area (Å²) in [6.07, 6.45) is 0. The molecule has 7 rings (SSSR count). The summed E-state index contributed by atoms with van der Waals surface area (Å²) in [4.78, 5) is 2.41. The zero-order valence-corrected chi connectivity index (χ0v) is 41.0. The number of hydrogen-bond acceptors (Lipinski definition) is 12. The Morgan fingerprint density at radius 2 is 1.08 bits per heavy atom. The third-order valence-corrected chi connectivity index (χ3v) is 13.4. The lowest BCUT2D eigenvalue weighted by molar-refractivity contribution is 0.201. The number of aromatic nitrogens is 3. The molecule has 3 heterocycles. The second-order valence-corrected chi connectivity index (χ2v) is 18.7. The number of nitrogens with one attached hydrogen (secondary N) is 1. The fourth-order valence-electron chi connectivity index (χ4n) is 6.61. The fourth-order valence-corrected chi connectivity index (χ4v) is 8.96. The molecule has 0 unspecified atom stereocenters. The second kappa shape index (κ2) is 23.2. The Kier molecular flexibility index (Phi) is 18.7. The standard InChI is InChI=1S/C22H19BrN2O3S.C20H23N3O4S.C4H11NO.ClH/c1-14-4-5-15(2)25(14)29(26,27)20-12-8-17(9-13-20)21-16(3)28-24-22(21)18-6-10-19(23)11-7-18;1-14-19(15-6-10-18(11-7-15)28(21,24)25)20(22-27-14)16-4-8-17(9-5-16)23(2)12-13-26-3;1-5-3-4-6-2;/h4-13H,1-3H3;4-11H,12-13H2,1-3H3,(H2,21,24,25);5H,3-4H2,1-2H3;1H. The van der Waals surface area contributed by atoms with Crippen LogP contribution in [0.3, 0.4) is 0 Å². The average Bonchev–Trinajstić information content (AvgIpc) is 3.97. The molecule has 0 aliphatic heterocycles. The Hall–Kier alpha value is -5.11. The number of likely N-dealkylation sites (N-methyl/N-ethyl adjacent to an activating group) is 2. The molecule has 0 saturated carbocycles. The molecule has 0 aliphatic carbocycles. The van der Waals surface area contributed by atoms with Crippen molar-refractivity contribution in [2.45, 2.75) is 37.5 Å². The molecule has 3 aromatic heterocycles. The van der Waals surface area contributed by atoms with E-state index in [1.165, 1.54) is 16.1 Å². The second-order valence-electron chi connectivity index (χ2n) is 14.5. The zero-order valence-electron chi connectivity index (χ0n) is 37.0. The van der Waals surface area contributed by atoms with E-state index in [0.717, 1.165) is 68.9 Å². The first-order valence-electron chi connectivity index (χ1n) is 19.8. The smallest absolute Gasteiger partial charge is 0.268 e. The van der Waals surface area contributed by atoms with Crippen molar-refractivity contribution in [3.63, 3.8) is 0 Å². The van der Waals surface area contributed by atoms with Gasteiger partial charge in [0.1, 0.15) is 22.9 Å². The van der Waals surface area contributed by atoms with E-state index in [9.17, 15) is 16.8 Å². The van der Waals surface area contributed by atoms with Crippen molar-refractivity contribution in [1.29, 1.82) is 0 Å². The molecule has 0 aliphatic rings. The highest BCUT2D eigenvalue weighted by Gasteiger charge is 2.22. The molecule has 4 aromatic carbocycles. The normalized spacial score (nSPS) is 11.2. The topological polar surface area (TPSA) is 185 Å². The van der Waals surface area contributed by atoms with Gasteiger partial charge in [0.05, 0.1) is 34.1 Å². The van der Waals surface area contributed by atoms with Crippen LogP contribution in [0.1, 0.15) is 22.9 Å². The summed E-state index contributed by atoms with van der Waals surface area (Å²) in [6, 6.07) is 32.6. The molecule has 0 spiro atoms. The predicted octanol–water partition coefficient (Wildman–Crippen LogP) is 9.06. The van der Waals surface area contributed by atoms with Crippen LogP contribution in [0, 0.1) is 27.7 Å². The van der Waals surface area contributed by atoms with Gasteiger partial charge in [-0.25, -0.2) is 25.9 Å². The summed E-state index contributed by atoms with van der Waals surface area (Å²) in [7, 11) is -0.0988. The van der Waals surface area contributed by atoms with Gasteiger partial charge in [-0.1, -0.05) is 74.8 Å². The Balaban J connectivity index is 0.000000246. The van der Waals surface area contributed by atoms with Gasteiger partial charge in [0.25, 0.3) is 10.0 Å². The molecule has 7 aromatic rings. The Labute approximate surface area is 390 Å². The molecular weight excluding hydrogens is 944 g/mol. The van der Waals surface area contributed by atoms with Gasteiger partial charge in [0.15, 0.2) is 0 Å². The number of halogens is 2. The van der Waals surface area contributed by atoms with Crippen molar-refractivity contribution in [3.05, 3.63) is 137 Å². The van der Waals surface area contributed by atoms with Crippen molar-refractivity contribution < 1.29 is 35.4 Å². The summed E-state index contributed by atoms with van der Waals surface area (Å²) >= 11 is 3.44. The number of primary sulfonamides is 1. The molecule has 342 valence electrons. The number of aryl methyl sites for hydroxylation is 4. The Bertz CT molecular complexity index is 2770. The van der Waals surface area contributed by atoms with Crippen LogP contribution in [-0.4, -0.2) is 85.7 Å². The first-order valence-corrected chi connectivity index (χ1v) is 23.6. The SMILES string of the molecule is CNCCOC.COCCN(C)c1ccc(-c2noc(C)c2-c2ccc(S(N)(=O)=O)cc2)cc1.Cc1onc(-c2ccc(Br)cc2)c1-c1ccc(S(=O)(=O)n2c(C)ccc2C)cc1.Cl. The van der Waals surface area contributed by atoms with Gasteiger partial charge in [0, 0.05) is 67.0 Å². The first-order chi connectivity index (χ1) is 30.0. The van der Waals surface area contributed by atoms with Gasteiger partial charge >= 0.3 is 0 Å². The van der Waals surface area contributed by atoms with Crippen LogP contribution in [0.25, 0.3) is 44.8 Å². The third kappa shape index (κ3) is 12.6. The number of anilines is 1. The molecule has 18 heteroatoms. The quantitative estimate of drug-likeness (QED) is 0.0987. The number of rotatable bonds is 14. The molecular formula is C46H54BrClN6O8S2. The maximum Gasteiger partial charge on any atom is 0.268 e. The van der Waals surface area contributed by atoms with E-state index in [4.69, 9.17) is 23.7 Å². The van der Waals surface area contributed by atoms with Crippen LogP contribution < -0.4 is 15.4 Å². The molecule has 0 fully saturated rings. The molecule has 14 nitrogen and oxygen atoms in total. The van der Waals surface area contributed by atoms with E-state index in [0.29, 0.717) is 35.2 Å². The Morgan fingerprint density at radius 1 is 0.656 bits per heavy atom. The summed E-state index contributed by atoms with van der Waals surface area (Å²) < 4.78 is 72.1. The minimum absolute atomic E-state index is 0. The van der Waals surface area contributed by atoms with Gasteiger partial charge in [-0.15, -0.1) is 12.4 Å². The summed E-state index contributed by atoms with van der Waals surface area (Å²) in [5.74, 6) is 1.33. The van der Waals surface area contributed by atoms with E-state index >= 15 is 0 Å². The number of nitrogens with two attached hydrogens (primary N) is 1. The highest BCUT2D eigenvalue weighted by Crippen LogP contribution is 2.37. The number of methoxy groups -OCH3 is 2. The maximum absolute atomic E-state index is 13.0. The highest BCUT2D eigenvalue weighted by molar-refractivity contribution is 9.10. The third-order valence-electron chi connectivity index (χ3n) is 9.97. The van der Waals surface area contributed by atoms with Crippen molar-refractivity contribution in [2.24, 2.45) is 5.14 Å². The lowest BCUT2D eigenvalue weighted by Gasteiger charge is -2.18. The van der Waals surface area contributed by atoms with E-state index in [-0.39, 0.29) is 22.2 Å². The Morgan fingerprint density at radius 3 is 1.48 bits per heavy atom. The van der Waals surface area contributed by atoms with E-state index in [1.807, 2.05) is 76.5 Å². The zero-order chi connectivity index (χ0) is 45.9. The first kappa shape index (κ1) is 51.5. The van der Waals surface area contributed by atoms with Gasteiger partial charge in [-0.05, 0) is 107 Å². The number of sulfonamides is 1. The van der Waals surface area contributed by atoms with Crippen LogP contribution in [-0.2, 0) is 29.5 Å². The predicted molar refractivity (Wildman–Crippen MR) is 258 cm³/mol. The minimum atomic E-state index is -3.73. The largest absolute Gasteiger partial charge is 0.383 e. The number of hydrogen-bond donors (Lipinski definition) is 2. The summed E-state index contributed by atoms with van der Waals surface area (Å²) in [5, 5.41) is 16.5. The summed E-state index contributed by atoms with van der Waals surface area (Å²) in [6.45, 7) is 10.4. The van der Waals surface area contributed by atoms with Gasteiger partial charge < -0.3 is 28.7 Å².